The molecule has 0 saturated heterocycles. The first-order valence-electron chi connectivity index (χ1n) is 16.6. The summed E-state index contributed by atoms with van der Waals surface area (Å²) in [7, 11) is 18.3. The Morgan fingerprint density at radius 3 is 1.58 bits per heavy atom. The number of hydrogen-bond acceptors (Lipinski definition) is 0. The summed E-state index contributed by atoms with van der Waals surface area (Å²) in [6.07, 6.45) is 10.5. The fourth-order valence-corrected chi connectivity index (χ4v) is 50.0. The van der Waals surface area contributed by atoms with Crippen LogP contribution in [0.15, 0.2) is 121 Å². The number of fused-ring (bicyclic) bond motifs is 3. The SMILES string of the molecule is [CH2]=[Hf]([Cl])([Cl])([CH2]CCc1ccccc1)([c]1ccccc1)([CH]1C=CC=C1)[CH]1c2cc(C(C)(C)C)ccc2-c2ccc(C(C)(C)C)cc21. The van der Waals surface area contributed by atoms with Gasteiger partial charge in [-0.15, -0.1) is 0 Å². The van der Waals surface area contributed by atoms with Crippen molar-refractivity contribution in [3.8, 4) is 11.1 Å². The molecule has 4 aromatic rings. The van der Waals surface area contributed by atoms with Gasteiger partial charge in [0.1, 0.15) is 0 Å². The van der Waals surface area contributed by atoms with Gasteiger partial charge in [0.05, 0.1) is 0 Å². The van der Waals surface area contributed by atoms with Crippen LogP contribution >= 0.6 is 17.2 Å². The molecule has 0 unspecified atom stereocenters. The van der Waals surface area contributed by atoms with Crippen LogP contribution in [0.2, 0.25) is 7.85 Å². The first kappa shape index (κ1) is 32.6. The molecule has 0 bridgehead atoms. The zero-order valence-corrected chi connectivity index (χ0v) is 32.9. The van der Waals surface area contributed by atoms with Crippen molar-refractivity contribution >= 4 is 24.7 Å². The summed E-state index contributed by atoms with van der Waals surface area (Å²) in [4.78, 5) is 0. The quantitative estimate of drug-likeness (QED) is 0.163. The molecule has 0 aromatic heterocycles. The van der Waals surface area contributed by atoms with Crippen molar-refractivity contribution in [2.24, 2.45) is 0 Å². The fraction of sp³-hybridized carbons (Fsp3) is 0.310. The predicted octanol–water partition coefficient (Wildman–Crippen LogP) is 12.1. The fourth-order valence-electron chi connectivity index (χ4n) is 8.75. The van der Waals surface area contributed by atoms with Gasteiger partial charge in [0.15, 0.2) is 0 Å². The van der Waals surface area contributed by atoms with Crippen LogP contribution in [0.1, 0.15) is 79.5 Å². The van der Waals surface area contributed by atoms with Gasteiger partial charge in [-0.25, -0.2) is 0 Å². The maximum absolute atomic E-state index is 9.15. The molecule has 234 valence electrons. The third kappa shape index (κ3) is 4.82. The van der Waals surface area contributed by atoms with Crippen LogP contribution in [-0.4, -0.2) is 4.26 Å². The summed E-state index contributed by atoms with van der Waals surface area (Å²) >= 11 is -6.87. The Morgan fingerprint density at radius 1 is 0.644 bits per heavy atom. The molecule has 2 aliphatic rings. The van der Waals surface area contributed by atoms with E-state index in [1.54, 1.807) is 0 Å². The van der Waals surface area contributed by atoms with E-state index < -0.39 is 12.7 Å². The number of aryl methyl sites for hydroxylation is 1. The third-order valence-corrected chi connectivity index (χ3v) is 59.0. The summed E-state index contributed by atoms with van der Waals surface area (Å²) in [5.74, 6) is 0. The van der Waals surface area contributed by atoms with Gasteiger partial charge in [0.2, 0.25) is 0 Å². The van der Waals surface area contributed by atoms with Gasteiger partial charge in [0.25, 0.3) is 0 Å². The van der Waals surface area contributed by atoms with Crippen molar-refractivity contribution in [1.29, 1.82) is 0 Å². The van der Waals surface area contributed by atoms with Crippen LogP contribution < -0.4 is 3.32 Å². The average molecular weight is 802 g/mol. The van der Waals surface area contributed by atoms with E-state index in [1.807, 2.05) is 0 Å². The molecule has 0 heterocycles. The molecule has 6 rings (SSSR count). The number of halogens is 2. The van der Waals surface area contributed by atoms with Crippen molar-refractivity contribution in [1.82, 2.24) is 0 Å². The third-order valence-electron chi connectivity index (χ3n) is 11.5. The van der Waals surface area contributed by atoms with E-state index in [9.17, 15) is 0 Å². The molecule has 0 nitrogen and oxygen atoms in total. The Kier molecular flexibility index (Phi) is 7.14. The molecule has 0 atom stereocenters. The average Bonchev–Trinajstić information content (AvgIpc) is 3.66. The molecule has 4 aromatic carbocycles. The van der Waals surface area contributed by atoms with Gasteiger partial charge in [-0.1, -0.05) is 0 Å². The van der Waals surface area contributed by atoms with Crippen LogP contribution in [0, 0.1) is 0 Å². The van der Waals surface area contributed by atoms with Crippen molar-refractivity contribution in [2.45, 2.75) is 76.7 Å². The Hall–Kier alpha value is -2.32. The zero-order chi connectivity index (χ0) is 32.4. The van der Waals surface area contributed by atoms with Gasteiger partial charge in [-0.3, -0.25) is 0 Å². The summed E-state index contributed by atoms with van der Waals surface area (Å²) in [5, 5.41) is 0. The number of rotatable bonds is 7. The zero-order valence-electron chi connectivity index (χ0n) is 27.8. The second-order valence-electron chi connectivity index (χ2n) is 16.6. The number of hydrogen-bond donors (Lipinski definition) is 0. The normalized spacial score (nSPS) is 17.7. The molecule has 0 aliphatic heterocycles. The van der Waals surface area contributed by atoms with Crippen LogP contribution in [-0.2, 0) is 30.0 Å². The first-order valence-corrected chi connectivity index (χ1v) is 36.5. The van der Waals surface area contributed by atoms with E-state index in [4.69, 9.17) is 21.4 Å². The van der Waals surface area contributed by atoms with Gasteiger partial charge >= 0.3 is 275 Å². The molecule has 45 heavy (non-hydrogen) atoms. The van der Waals surface area contributed by atoms with Gasteiger partial charge < -0.3 is 0 Å². The second kappa shape index (κ2) is 9.85. The molecule has 0 amide bonds. The van der Waals surface area contributed by atoms with Crippen LogP contribution in [0.5, 0.6) is 0 Å². The first-order chi connectivity index (χ1) is 20.9. The minimum absolute atomic E-state index is 0.0394. The Labute approximate surface area is 272 Å². The monoisotopic (exact) mass is 802 g/mol. The van der Waals surface area contributed by atoms with E-state index in [2.05, 4.69) is 163 Å². The second-order valence-corrected chi connectivity index (χ2v) is 71.0. The maximum atomic E-state index is 9.15. The van der Waals surface area contributed by atoms with E-state index >= 15 is 0 Å². The number of benzene rings is 4. The van der Waals surface area contributed by atoms with E-state index in [0.717, 1.165) is 16.2 Å². The van der Waals surface area contributed by atoms with Crippen LogP contribution in [0.25, 0.3) is 11.1 Å². The molecule has 0 saturated carbocycles. The van der Waals surface area contributed by atoms with Gasteiger partial charge in [-0.05, 0) is 0 Å². The van der Waals surface area contributed by atoms with Crippen molar-refractivity contribution in [3.05, 3.63) is 149 Å². The predicted molar refractivity (Wildman–Crippen MR) is 198 cm³/mol. The molecule has 0 N–H and O–H groups in total. The minimum atomic E-state index is -6.87. The molecule has 0 fully saturated rings. The van der Waals surface area contributed by atoms with Crippen molar-refractivity contribution in [2.75, 3.05) is 0 Å². The van der Waals surface area contributed by atoms with E-state index in [1.165, 1.54) is 38.9 Å². The summed E-state index contributed by atoms with van der Waals surface area (Å²) in [5.41, 5.74) is 8.70. The molecule has 3 heteroatoms. The van der Waals surface area contributed by atoms with Gasteiger partial charge in [0, 0.05) is 0 Å². The molecule has 0 spiro atoms. The topological polar surface area (TPSA) is 0 Å². The Bertz CT molecular complexity index is 1900. The van der Waals surface area contributed by atoms with E-state index in [0.29, 0.717) is 4.18 Å². The molecular formula is C42H48Cl2Hf. The molecular weight excluding hydrogens is 754 g/mol. The summed E-state index contributed by atoms with van der Waals surface area (Å²) < 4.78 is 6.66. The number of allylic oxidation sites excluding steroid dienone is 4. The standard InChI is InChI=1S/C21H25.C9H11.C6H5.C5H5.CH2.2ClH.Hf/c1-20(2,3)16-7-9-18-14(12-16)11-15-13-17(21(4,5)6)8-10-19(15)18;1-2-6-9-7-4-3-5-8-9;1-2-4-6-5-3-1;1-2-4-5-3-1;;;;/h7-13H,1-6H3;3-5,7-8H,1-2,6H2;1-5H;1-5H;1H2;2*1H;/q;;;;;;;+2/p-2. The molecule has 2 aliphatic carbocycles. The van der Waals surface area contributed by atoms with E-state index in [-0.39, 0.29) is 18.2 Å². The Morgan fingerprint density at radius 2 is 1.11 bits per heavy atom. The van der Waals surface area contributed by atoms with Crippen molar-refractivity contribution in [3.63, 3.8) is 0 Å². The Balaban J connectivity index is 1.77. The summed E-state index contributed by atoms with van der Waals surface area (Å²) in [6.45, 7) is 13.7. The van der Waals surface area contributed by atoms with Crippen LogP contribution in [0.3, 0.4) is 0 Å². The van der Waals surface area contributed by atoms with Crippen LogP contribution in [0.4, 0.5) is 0 Å². The van der Waals surface area contributed by atoms with Crippen molar-refractivity contribution < 1.29 is 12.7 Å². The molecule has 0 radical (unpaired) electrons. The van der Waals surface area contributed by atoms with Gasteiger partial charge in [-0.2, -0.15) is 0 Å². The summed E-state index contributed by atoms with van der Waals surface area (Å²) in [6, 6.07) is 35.4.